The van der Waals surface area contributed by atoms with Crippen LogP contribution in [0.25, 0.3) is 10.4 Å². The van der Waals surface area contributed by atoms with Gasteiger partial charge in [-0.05, 0) is 77.5 Å². The number of anilines is 1. The van der Waals surface area contributed by atoms with Gasteiger partial charge in [-0.3, -0.25) is 14.1 Å². The minimum atomic E-state index is -4.20. The van der Waals surface area contributed by atoms with Gasteiger partial charge in [0, 0.05) is 22.8 Å². The largest absolute Gasteiger partial charge is 0.497 e. The number of nitrogens with zero attached hydrogens (tertiary/aromatic N) is 2. The van der Waals surface area contributed by atoms with Crippen LogP contribution in [0, 0.1) is 6.92 Å². The van der Waals surface area contributed by atoms with Gasteiger partial charge in [-0.2, -0.15) is 0 Å². The second-order valence-corrected chi connectivity index (χ2v) is 10.6. The first-order valence-corrected chi connectivity index (χ1v) is 13.0. The molecule has 0 radical (unpaired) electrons. The molecule has 1 N–H and O–H groups in total. The number of pyridine rings is 1. The van der Waals surface area contributed by atoms with Crippen LogP contribution in [0.15, 0.2) is 77.3 Å². The van der Waals surface area contributed by atoms with E-state index in [1.54, 1.807) is 42.8 Å². The Morgan fingerprint density at radius 3 is 2.53 bits per heavy atom. The standard InChI is InChI=1S/C26H22N2O6S2/c1-17-12-20(25-19(16-29)9-11-35-25)13-23(26(30)31)24(17)28(15-18-4-3-10-27-14-18)36(32,33)22-7-5-21(34-2)6-8-22/h3-14,16H,15H2,1-2H3,(H,30,31). The zero-order chi connectivity index (χ0) is 25.9. The van der Waals surface area contributed by atoms with E-state index < -0.39 is 16.0 Å². The zero-order valence-corrected chi connectivity index (χ0v) is 21.0. The molecule has 8 nitrogen and oxygen atoms in total. The van der Waals surface area contributed by atoms with Gasteiger partial charge in [0.15, 0.2) is 6.29 Å². The van der Waals surface area contributed by atoms with Crippen LogP contribution in [-0.4, -0.2) is 37.9 Å². The third-order valence-corrected chi connectivity index (χ3v) is 8.30. The number of carboxylic acids is 1. The number of sulfonamides is 1. The van der Waals surface area contributed by atoms with E-state index in [0.717, 1.165) is 4.31 Å². The molecule has 10 heteroatoms. The Balaban J connectivity index is 1.94. The first kappa shape index (κ1) is 25.1. The van der Waals surface area contributed by atoms with Crippen molar-refractivity contribution in [3.05, 3.63) is 94.6 Å². The highest BCUT2D eigenvalue weighted by Gasteiger charge is 2.31. The van der Waals surface area contributed by atoms with E-state index in [-0.39, 0.29) is 22.7 Å². The maximum Gasteiger partial charge on any atom is 0.337 e. The molecule has 2 aromatic heterocycles. The summed E-state index contributed by atoms with van der Waals surface area (Å²) < 4.78 is 34.0. The molecule has 2 heterocycles. The molecule has 0 unspecified atom stereocenters. The Morgan fingerprint density at radius 2 is 1.92 bits per heavy atom. The van der Waals surface area contributed by atoms with E-state index in [1.165, 1.54) is 55.0 Å². The lowest BCUT2D eigenvalue weighted by Gasteiger charge is -2.28. The van der Waals surface area contributed by atoms with Crippen LogP contribution in [0.2, 0.25) is 0 Å². The molecule has 0 aliphatic rings. The van der Waals surface area contributed by atoms with E-state index in [1.807, 2.05) is 0 Å². The van der Waals surface area contributed by atoms with Crippen molar-refractivity contribution in [3.8, 4) is 16.2 Å². The molecule has 0 saturated carbocycles. The predicted octanol–water partition coefficient (Wildman–Crippen LogP) is 5.03. The van der Waals surface area contributed by atoms with Crippen molar-refractivity contribution in [1.29, 1.82) is 0 Å². The molecule has 0 aliphatic carbocycles. The van der Waals surface area contributed by atoms with Gasteiger partial charge >= 0.3 is 5.97 Å². The molecule has 0 fully saturated rings. The van der Waals surface area contributed by atoms with Crippen LogP contribution in [-0.2, 0) is 16.6 Å². The number of aromatic nitrogens is 1. The number of benzene rings is 2. The van der Waals surface area contributed by atoms with Gasteiger partial charge in [-0.25, -0.2) is 13.2 Å². The third kappa shape index (κ3) is 4.86. The Labute approximate surface area is 212 Å². The van der Waals surface area contributed by atoms with E-state index in [4.69, 9.17) is 4.74 Å². The van der Waals surface area contributed by atoms with Crippen LogP contribution < -0.4 is 9.04 Å². The molecule has 0 bridgehead atoms. The molecule has 0 amide bonds. The van der Waals surface area contributed by atoms with Gasteiger partial charge in [0.1, 0.15) is 5.75 Å². The molecule has 2 aromatic carbocycles. The number of hydrogen-bond donors (Lipinski definition) is 1. The highest BCUT2D eigenvalue weighted by molar-refractivity contribution is 7.92. The fourth-order valence-electron chi connectivity index (χ4n) is 3.87. The Morgan fingerprint density at radius 1 is 1.17 bits per heavy atom. The van der Waals surface area contributed by atoms with Gasteiger partial charge in [-0.15, -0.1) is 11.3 Å². The molecule has 4 aromatic rings. The van der Waals surface area contributed by atoms with Crippen molar-refractivity contribution < 1.29 is 27.9 Å². The number of aromatic carboxylic acids is 1. The molecular weight excluding hydrogens is 500 g/mol. The molecule has 0 atom stereocenters. The second kappa shape index (κ2) is 10.3. The first-order chi connectivity index (χ1) is 17.3. The lowest BCUT2D eigenvalue weighted by atomic mass is 10.0. The van der Waals surface area contributed by atoms with Gasteiger partial charge in [-0.1, -0.05) is 6.07 Å². The zero-order valence-electron chi connectivity index (χ0n) is 19.4. The van der Waals surface area contributed by atoms with Crippen molar-refractivity contribution in [1.82, 2.24) is 4.98 Å². The average molecular weight is 523 g/mol. The summed E-state index contributed by atoms with van der Waals surface area (Å²) in [7, 11) is -2.72. The second-order valence-electron chi connectivity index (χ2n) is 7.87. The summed E-state index contributed by atoms with van der Waals surface area (Å²) in [5, 5.41) is 11.9. The number of carbonyl (C=O) groups is 2. The SMILES string of the molecule is COc1ccc(S(=O)(=O)N(Cc2cccnc2)c2c(C)cc(-c3sccc3C=O)cc2C(=O)O)cc1. The molecule has 184 valence electrons. The highest BCUT2D eigenvalue weighted by atomic mass is 32.2. The van der Waals surface area contributed by atoms with Crippen LogP contribution >= 0.6 is 11.3 Å². The summed E-state index contributed by atoms with van der Waals surface area (Å²) in [6.45, 7) is 1.51. The minimum Gasteiger partial charge on any atom is -0.497 e. The maximum atomic E-state index is 13.9. The molecule has 0 aliphatic heterocycles. The van der Waals surface area contributed by atoms with E-state index in [2.05, 4.69) is 4.98 Å². The monoisotopic (exact) mass is 522 g/mol. The summed E-state index contributed by atoms with van der Waals surface area (Å²) in [5.41, 5.74) is 1.80. The van der Waals surface area contributed by atoms with E-state index in [0.29, 0.717) is 39.2 Å². The van der Waals surface area contributed by atoms with Crippen molar-refractivity contribution >= 4 is 39.3 Å². The summed E-state index contributed by atoms with van der Waals surface area (Å²) in [5.74, 6) is -0.804. The molecule has 0 spiro atoms. The van der Waals surface area contributed by atoms with Gasteiger partial charge in [0.05, 0.1) is 29.8 Å². The number of carboxylic acid groups (broad SMARTS) is 1. The van der Waals surface area contributed by atoms with E-state index in [9.17, 15) is 23.1 Å². The Hall–Kier alpha value is -4.02. The van der Waals surface area contributed by atoms with Crippen molar-refractivity contribution in [3.63, 3.8) is 0 Å². The van der Waals surface area contributed by atoms with Crippen LogP contribution in [0.3, 0.4) is 0 Å². The maximum absolute atomic E-state index is 13.9. The molecular formula is C26H22N2O6S2. The molecule has 0 saturated heterocycles. The minimum absolute atomic E-state index is 0.0199. The van der Waals surface area contributed by atoms with Gasteiger partial charge < -0.3 is 9.84 Å². The number of methoxy groups -OCH3 is 1. The Kier molecular flexibility index (Phi) is 7.18. The number of hydrogen-bond acceptors (Lipinski definition) is 7. The van der Waals surface area contributed by atoms with Crippen LogP contribution in [0.4, 0.5) is 5.69 Å². The number of rotatable bonds is 9. The first-order valence-electron chi connectivity index (χ1n) is 10.7. The van der Waals surface area contributed by atoms with Crippen molar-refractivity contribution in [2.24, 2.45) is 0 Å². The summed E-state index contributed by atoms with van der Waals surface area (Å²) in [4.78, 5) is 28.6. The van der Waals surface area contributed by atoms with Gasteiger partial charge in [0.2, 0.25) is 0 Å². The number of aryl methyl sites for hydroxylation is 1. The summed E-state index contributed by atoms with van der Waals surface area (Å²) in [6.07, 6.45) is 3.81. The van der Waals surface area contributed by atoms with Crippen LogP contribution in [0.1, 0.15) is 31.8 Å². The molecule has 36 heavy (non-hydrogen) atoms. The highest BCUT2D eigenvalue weighted by Crippen LogP contribution is 2.38. The average Bonchev–Trinajstić information content (AvgIpc) is 3.37. The summed E-state index contributed by atoms with van der Waals surface area (Å²) in [6, 6.07) is 14.0. The number of carbonyl (C=O) groups excluding carboxylic acids is 1. The fraction of sp³-hybridized carbons (Fsp3) is 0.115. The van der Waals surface area contributed by atoms with Crippen molar-refractivity contribution in [2.75, 3.05) is 11.4 Å². The van der Waals surface area contributed by atoms with E-state index >= 15 is 0 Å². The third-order valence-electron chi connectivity index (χ3n) is 5.56. The topological polar surface area (TPSA) is 114 Å². The van der Waals surface area contributed by atoms with Crippen LogP contribution in [0.5, 0.6) is 5.75 Å². The van der Waals surface area contributed by atoms with Gasteiger partial charge in [0.25, 0.3) is 10.0 Å². The number of thiophene rings is 1. The lowest BCUT2D eigenvalue weighted by molar-refractivity contribution is 0.0697. The lowest BCUT2D eigenvalue weighted by Crippen LogP contribution is -2.32. The quantitative estimate of drug-likeness (QED) is 0.307. The normalized spacial score (nSPS) is 11.2. The predicted molar refractivity (Wildman–Crippen MR) is 137 cm³/mol. The molecule has 4 rings (SSSR count). The van der Waals surface area contributed by atoms with Crippen molar-refractivity contribution in [2.45, 2.75) is 18.4 Å². The smallest absolute Gasteiger partial charge is 0.337 e. The summed E-state index contributed by atoms with van der Waals surface area (Å²) >= 11 is 1.30. The number of ether oxygens (including phenoxy) is 1. The fourth-order valence-corrected chi connectivity index (χ4v) is 6.26. The Bertz CT molecular complexity index is 1510. The number of aldehydes is 1.